The molecule has 7 heteroatoms. The first-order chi connectivity index (χ1) is 21.9. The van der Waals surface area contributed by atoms with Crippen LogP contribution in [0.3, 0.4) is 0 Å². The zero-order chi connectivity index (χ0) is 31.3. The van der Waals surface area contributed by atoms with Gasteiger partial charge in [0.1, 0.15) is 29.7 Å². The maximum atomic E-state index is 13.0. The van der Waals surface area contributed by atoms with Crippen molar-refractivity contribution in [2.45, 2.75) is 32.8 Å². The molecule has 0 radical (unpaired) electrons. The van der Waals surface area contributed by atoms with Crippen LogP contribution in [0.2, 0.25) is 0 Å². The summed E-state index contributed by atoms with van der Waals surface area (Å²) in [6.07, 6.45) is 0.112. The summed E-state index contributed by atoms with van der Waals surface area (Å²) in [5, 5.41) is 12.1. The zero-order valence-electron chi connectivity index (χ0n) is 25.1. The van der Waals surface area contributed by atoms with E-state index in [9.17, 15) is 10.1 Å². The van der Waals surface area contributed by atoms with Crippen LogP contribution in [-0.4, -0.2) is 12.6 Å². The van der Waals surface area contributed by atoms with E-state index in [4.69, 9.17) is 24.7 Å². The third-order valence-electron chi connectivity index (χ3n) is 7.75. The topological polar surface area (TPSA) is 104 Å². The second-order valence-corrected chi connectivity index (χ2v) is 10.8. The summed E-state index contributed by atoms with van der Waals surface area (Å²) < 4.78 is 23.7. The first kappa shape index (κ1) is 29.3. The Balaban J connectivity index is 1.25. The number of carbonyl (C=O) groups is 1. The van der Waals surface area contributed by atoms with Crippen LogP contribution in [0.25, 0.3) is 10.8 Å². The number of esters is 1. The van der Waals surface area contributed by atoms with Gasteiger partial charge in [-0.15, -0.1) is 0 Å². The summed E-state index contributed by atoms with van der Waals surface area (Å²) in [5.74, 6) is 0.951. The summed E-state index contributed by atoms with van der Waals surface area (Å²) in [7, 11) is 0. The Morgan fingerprint density at radius 2 is 1.71 bits per heavy atom. The van der Waals surface area contributed by atoms with Crippen molar-refractivity contribution in [2.75, 3.05) is 6.61 Å². The fourth-order valence-electron chi connectivity index (χ4n) is 5.55. The number of hydrogen-bond donors (Lipinski definition) is 1. The Labute approximate surface area is 262 Å². The fourth-order valence-corrected chi connectivity index (χ4v) is 5.55. The van der Waals surface area contributed by atoms with Crippen molar-refractivity contribution in [1.29, 1.82) is 5.26 Å². The summed E-state index contributed by atoms with van der Waals surface area (Å²) in [4.78, 5) is 13.0. The van der Waals surface area contributed by atoms with Crippen molar-refractivity contribution in [2.24, 2.45) is 5.73 Å². The van der Waals surface area contributed by atoms with Crippen LogP contribution in [0.5, 0.6) is 23.0 Å². The van der Waals surface area contributed by atoms with Crippen molar-refractivity contribution in [1.82, 2.24) is 0 Å². The molecule has 224 valence electrons. The molecule has 0 bridgehead atoms. The molecule has 0 aliphatic carbocycles. The summed E-state index contributed by atoms with van der Waals surface area (Å²) in [6, 6.07) is 34.9. The van der Waals surface area contributed by atoms with Crippen molar-refractivity contribution in [3.05, 3.63) is 142 Å². The maximum Gasteiger partial charge on any atom is 0.315 e. The van der Waals surface area contributed by atoms with Gasteiger partial charge in [0.2, 0.25) is 5.88 Å². The number of hydrogen-bond acceptors (Lipinski definition) is 7. The SMILES string of the molecule is CCOc1cc(C2C(C#N)=C(N)Oc3cc(OC(=O)Cc4cccc5ccccc45)ccc32)ccc1OCc1ccc(C)cc1. The lowest BCUT2D eigenvalue weighted by Crippen LogP contribution is -2.21. The molecule has 45 heavy (non-hydrogen) atoms. The van der Waals surface area contributed by atoms with Crippen LogP contribution in [0.4, 0.5) is 0 Å². The number of aryl methyl sites for hydroxylation is 1. The van der Waals surface area contributed by atoms with E-state index in [0.717, 1.165) is 27.5 Å². The number of nitriles is 1. The Bertz CT molecular complexity index is 1950. The second kappa shape index (κ2) is 12.9. The average molecular weight is 597 g/mol. The van der Waals surface area contributed by atoms with Gasteiger partial charge in [0, 0.05) is 11.6 Å². The van der Waals surface area contributed by atoms with Crippen LogP contribution in [0.1, 0.15) is 40.7 Å². The largest absolute Gasteiger partial charge is 0.490 e. The minimum Gasteiger partial charge on any atom is -0.490 e. The normalized spacial score (nSPS) is 13.8. The second-order valence-electron chi connectivity index (χ2n) is 10.8. The molecule has 1 aliphatic heterocycles. The third-order valence-corrected chi connectivity index (χ3v) is 7.75. The molecule has 1 unspecified atom stereocenters. The monoisotopic (exact) mass is 596 g/mol. The van der Waals surface area contributed by atoms with Gasteiger partial charge >= 0.3 is 5.97 Å². The molecule has 5 aromatic carbocycles. The number of allylic oxidation sites excluding steroid dienone is 1. The van der Waals surface area contributed by atoms with Crippen molar-refractivity contribution in [3.8, 4) is 29.1 Å². The molecule has 0 amide bonds. The predicted octanol–water partition coefficient (Wildman–Crippen LogP) is 7.49. The number of rotatable bonds is 9. The summed E-state index contributed by atoms with van der Waals surface area (Å²) in [5.41, 5.74) is 11.1. The van der Waals surface area contributed by atoms with Crippen molar-refractivity contribution < 1.29 is 23.7 Å². The Hall–Kier alpha value is -5.74. The van der Waals surface area contributed by atoms with Crippen LogP contribution >= 0.6 is 0 Å². The molecule has 2 N–H and O–H groups in total. The number of fused-ring (bicyclic) bond motifs is 2. The van der Waals surface area contributed by atoms with Gasteiger partial charge in [0.25, 0.3) is 0 Å². The number of ether oxygens (including phenoxy) is 4. The highest BCUT2D eigenvalue weighted by Crippen LogP contribution is 2.45. The predicted molar refractivity (Wildman–Crippen MR) is 172 cm³/mol. The first-order valence-electron chi connectivity index (χ1n) is 14.8. The highest BCUT2D eigenvalue weighted by atomic mass is 16.5. The molecule has 5 aromatic rings. The molecule has 0 spiro atoms. The van der Waals surface area contributed by atoms with E-state index >= 15 is 0 Å². The molecule has 0 saturated heterocycles. The molecule has 6 rings (SSSR count). The number of carbonyl (C=O) groups excluding carboxylic acids is 1. The minimum atomic E-state index is -0.524. The van der Waals surface area contributed by atoms with E-state index in [1.54, 1.807) is 18.2 Å². The molecule has 1 aliphatic rings. The van der Waals surface area contributed by atoms with Crippen LogP contribution < -0.4 is 24.7 Å². The smallest absolute Gasteiger partial charge is 0.315 e. The minimum absolute atomic E-state index is 0.00751. The van der Waals surface area contributed by atoms with E-state index in [0.29, 0.717) is 41.8 Å². The molecular formula is C38H32N2O5. The van der Waals surface area contributed by atoms with E-state index in [1.165, 1.54) is 5.56 Å². The lowest BCUT2D eigenvalue weighted by molar-refractivity contribution is -0.133. The first-order valence-corrected chi connectivity index (χ1v) is 14.8. The molecule has 0 saturated carbocycles. The van der Waals surface area contributed by atoms with E-state index in [1.807, 2.05) is 98.8 Å². The standard InChI is InChI=1S/C38H32N2O5/c1-3-42-35-19-28(15-18-33(35)43-23-25-13-11-24(2)12-14-25)37-31-17-16-29(21-34(31)45-38(40)32(37)22-39)44-36(41)20-27-9-6-8-26-7-4-5-10-30(26)27/h4-19,21,37H,3,20,23,40H2,1-2H3. The molecule has 1 atom stereocenters. The summed E-state index contributed by atoms with van der Waals surface area (Å²) in [6.45, 7) is 4.77. The van der Waals surface area contributed by atoms with E-state index in [2.05, 4.69) is 6.07 Å². The van der Waals surface area contributed by atoms with Gasteiger partial charge < -0.3 is 24.7 Å². The number of nitrogens with zero attached hydrogens (tertiary/aromatic N) is 1. The highest BCUT2D eigenvalue weighted by Gasteiger charge is 2.32. The van der Waals surface area contributed by atoms with E-state index in [-0.39, 0.29) is 17.9 Å². The Morgan fingerprint density at radius 1 is 0.911 bits per heavy atom. The zero-order valence-corrected chi connectivity index (χ0v) is 25.1. The lowest BCUT2D eigenvalue weighted by Gasteiger charge is -2.27. The van der Waals surface area contributed by atoms with Gasteiger partial charge in [-0.25, -0.2) is 0 Å². The van der Waals surface area contributed by atoms with Gasteiger partial charge in [0.15, 0.2) is 11.5 Å². The van der Waals surface area contributed by atoms with Gasteiger partial charge in [-0.3, -0.25) is 4.79 Å². The fraction of sp³-hybridized carbons (Fsp3) is 0.158. The molecule has 1 heterocycles. The van der Waals surface area contributed by atoms with Crippen LogP contribution in [0.15, 0.2) is 115 Å². The quantitative estimate of drug-likeness (QED) is 0.139. The Morgan fingerprint density at radius 3 is 2.51 bits per heavy atom. The average Bonchev–Trinajstić information content (AvgIpc) is 3.04. The third kappa shape index (κ3) is 6.31. The van der Waals surface area contributed by atoms with Gasteiger partial charge in [-0.1, -0.05) is 84.4 Å². The van der Waals surface area contributed by atoms with E-state index < -0.39 is 11.9 Å². The lowest BCUT2D eigenvalue weighted by atomic mass is 9.83. The van der Waals surface area contributed by atoms with Crippen LogP contribution in [0, 0.1) is 18.3 Å². The van der Waals surface area contributed by atoms with Crippen molar-refractivity contribution >= 4 is 16.7 Å². The number of nitrogens with two attached hydrogens (primary N) is 1. The highest BCUT2D eigenvalue weighted by molar-refractivity contribution is 5.89. The van der Waals surface area contributed by atoms with Crippen molar-refractivity contribution in [3.63, 3.8) is 0 Å². The van der Waals surface area contributed by atoms with Crippen LogP contribution in [-0.2, 0) is 17.8 Å². The molecule has 0 aromatic heterocycles. The summed E-state index contributed by atoms with van der Waals surface area (Å²) >= 11 is 0. The number of benzene rings is 5. The molecule has 7 nitrogen and oxygen atoms in total. The van der Waals surface area contributed by atoms with Gasteiger partial charge in [0.05, 0.1) is 18.9 Å². The Kier molecular flexibility index (Phi) is 8.39. The van der Waals surface area contributed by atoms with Gasteiger partial charge in [-0.2, -0.15) is 5.26 Å². The molecule has 0 fully saturated rings. The maximum absolute atomic E-state index is 13.0. The van der Waals surface area contributed by atoms with Gasteiger partial charge in [-0.05, 0) is 59.5 Å². The molecular weight excluding hydrogens is 564 g/mol.